The molecular weight excluding hydrogens is 278 g/mol. The van der Waals surface area contributed by atoms with Crippen molar-refractivity contribution in [1.29, 1.82) is 0 Å². The summed E-state index contributed by atoms with van der Waals surface area (Å²) >= 11 is 0. The van der Waals surface area contributed by atoms with Gasteiger partial charge in [0.15, 0.2) is 0 Å². The summed E-state index contributed by atoms with van der Waals surface area (Å²) in [7, 11) is 3.93. The summed E-state index contributed by atoms with van der Waals surface area (Å²) in [5, 5.41) is 22.8. The molecule has 1 aliphatic heterocycles. The zero-order chi connectivity index (χ0) is 15.9. The Morgan fingerprint density at radius 1 is 1.14 bits per heavy atom. The van der Waals surface area contributed by atoms with Crippen molar-refractivity contribution in [2.45, 2.75) is 37.7 Å². The second-order valence-corrected chi connectivity index (χ2v) is 6.31. The first-order chi connectivity index (χ1) is 10.5. The first-order valence-corrected chi connectivity index (χ1v) is 7.69. The van der Waals surface area contributed by atoms with Crippen LogP contribution < -0.4 is 0 Å². The van der Waals surface area contributed by atoms with E-state index in [0.717, 1.165) is 16.3 Å². The number of benzene rings is 2. The second kappa shape index (κ2) is 5.88. The van der Waals surface area contributed by atoms with Crippen LogP contribution in [0.3, 0.4) is 0 Å². The Kier molecular flexibility index (Phi) is 4.08. The number of aromatic hydroxyl groups is 1. The van der Waals surface area contributed by atoms with Gasteiger partial charge in [0, 0.05) is 11.6 Å². The highest BCUT2D eigenvalue weighted by Gasteiger charge is 2.38. The highest BCUT2D eigenvalue weighted by molar-refractivity contribution is 5.88. The molecule has 0 saturated carbocycles. The van der Waals surface area contributed by atoms with Crippen molar-refractivity contribution in [3.8, 4) is 5.75 Å². The van der Waals surface area contributed by atoms with Crippen LogP contribution in [0.25, 0.3) is 10.8 Å². The highest BCUT2D eigenvalue weighted by Crippen LogP contribution is 2.40. The van der Waals surface area contributed by atoms with Gasteiger partial charge in [0.25, 0.3) is 0 Å². The zero-order valence-electron chi connectivity index (χ0n) is 13.2. The van der Waals surface area contributed by atoms with Crippen LogP contribution in [0.1, 0.15) is 25.0 Å². The van der Waals surface area contributed by atoms with Gasteiger partial charge in [0.05, 0.1) is 18.3 Å². The van der Waals surface area contributed by atoms with E-state index in [0.29, 0.717) is 6.42 Å². The molecule has 1 heterocycles. The Bertz CT molecular complexity index is 670. The molecule has 0 amide bonds. The summed E-state index contributed by atoms with van der Waals surface area (Å²) < 4.78 is 6.02. The van der Waals surface area contributed by atoms with Crippen LogP contribution in [0.15, 0.2) is 36.4 Å². The number of phenolic OH excluding ortho intramolecular Hbond substituents is 1. The molecule has 0 bridgehead atoms. The summed E-state index contributed by atoms with van der Waals surface area (Å²) in [5.74, 6) is 0.254. The maximum atomic E-state index is 10.4. The van der Waals surface area contributed by atoms with Gasteiger partial charge in [-0.3, -0.25) is 0 Å². The minimum absolute atomic E-state index is 0.00659. The average molecular weight is 301 g/mol. The maximum Gasteiger partial charge on any atom is 0.122 e. The number of rotatable bonds is 2. The van der Waals surface area contributed by atoms with E-state index in [4.69, 9.17) is 4.74 Å². The zero-order valence-corrected chi connectivity index (χ0v) is 13.2. The molecule has 22 heavy (non-hydrogen) atoms. The molecule has 2 aromatic rings. The lowest BCUT2D eigenvalue weighted by Crippen LogP contribution is -2.50. The van der Waals surface area contributed by atoms with E-state index in [2.05, 4.69) is 0 Å². The molecule has 4 heteroatoms. The van der Waals surface area contributed by atoms with Crippen LogP contribution in [0.5, 0.6) is 5.75 Å². The van der Waals surface area contributed by atoms with Crippen LogP contribution in [-0.2, 0) is 4.74 Å². The molecule has 4 atom stereocenters. The lowest BCUT2D eigenvalue weighted by molar-refractivity contribution is -0.142. The van der Waals surface area contributed by atoms with Crippen molar-refractivity contribution >= 4 is 10.8 Å². The van der Waals surface area contributed by atoms with Gasteiger partial charge in [-0.05, 0) is 44.3 Å². The third-order valence-electron chi connectivity index (χ3n) is 4.64. The Balaban J connectivity index is 2.05. The minimum Gasteiger partial charge on any atom is -0.508 e. The second-order valence-electron chi connectivity index (χ2n) is 6.31. The lowest BCUT2D eigenvalue weighted by atomic mass is 9.89. The first kappa shape index (κ1) is 15.3. The van der Waals surface area contributed by atoms with Crippen molar-refractivity contribution in [1.82, 2.24) is 4.90 Å². The van der Waals surface area contributed by atoms with E-state index in [1.54, 1.807) is 6.07 Å². The van der Waals surface area contributed by atoms with Gasteiger partial charge in [0.1, 0.15) is 5.75 Å². The van der Waals surface area contributed by atoms with Gasteiger partial charge in [-0.25, -0.2) is 0 Å². The molecule has 3 rings (SSSR count). The maximum absolute atomic E-state index is 10.4. The Morgan fingerprint density at radius 2 is 1.86 bits per heavy atom. The average Bonchev–Trinajstić information content (AvgIpc) is 2.49. The van der Waals surface area contributed by atoms with E-state index in [1.807, 2.05) is 56.3 Å². The number of phenols is 1. The summed E-state index contributed by atoms with van der Waals surface area (Å²) in [6.45, 7) is 1.88. The van der Waals surface area contributed by atoms with Gasteiger partial charge in [-0.2, -0.15) is 0 Å². The SMILES string of the molecule is C[C@H]1O[C@@H](c2c(O)ccc3ccccc23)C[C@@H](N(C)C)C1O. The van der Waals surface area contributed by atoms with Crippen molar-refractivity contribution in [2.75, 3.05) is 14.1 Å². The van der Waals surface area contributed by atoms with Gasteiger partial charge in [-0.15, -0.1) is 0 Å². The van der Waals surface area contributed by atoms with Crippen molar-refractivity contribution in [3.63, 3.8) is 0 Å². The number of likely N-dealkylation sites (N-methyl/N-ethyl adjacent to an activating group) is 1. The fourth-order valence-electron chi connectivity index (χ4n) is 3.39. The molecule has 2 aromatic carbocycles. The van der Waals surface area contributed by atoms with Crippen molar-refractivity contribution in [2.24, 2.45) is 0 Å². The van der Waals surface area contributed by atoms with E-state index in [-0.39, 0.29) is 24.0 Å². The van der Waals surface area contributed by atoms with Gasteiger partial charge in [-0.1, -0.05) is 30.3 Å². The quantitative estimate of drug-likeness (QED) is 0.895. The van der Waals surface area contributed by atoms with Crippen LogP contribution >= 0.6 is 0 Å². The number of fused-ring (bicyclic) bond motifs is 1. The molecule has 1 saturated heterocycles. The van der Waals surface area contributed by atoms with Crippen molar-refractivity contribution < 1.29 is 14.9 Å². The van der Waals surface area contributed by atoms with Crippen LogP contribution in [-0.4, -0.2) is 47.5 Å². The molecule has 1 aliphatic rings. The molecule has 4 nitrogen and oxygen atoms in total. The van der Waals surface area contributed by atoms with E-state index in [9.17, 15) is 10.2 Å². The highest BCUT2D eigenvalue weighted by atomic mass is 16.5. The Labute approximate surface area is 130 Å². The standard InChI is InChI=1S/C18H23NO3/c1-11-18(21)14(19(2)3)10-16(22-11)17-13-7-5-4-6-12(13)8-9-15(17)20/h4-9,11,14,16,18,20-21H,10H2,1-3H3/t11-,14-,16-,18?/m1/s1. The van der Waals surface area contributed by atoms with Crippen molar-refractivity contribution in [3.05, 3.63) is 42.0 Å². The summed E-state index contributed by atoms with van der Waals surface area (Å²) in [5.41, 5.74) is 0.823. The molecule has 0 radical (unpaired) electrons. The van der Waals surface area contributed by atoms with E-state index >= 15 is 0 Å². The van der Waals surface area contributed by atoms with E-state index < -0.39 is 6.10 Å². The fraction of sp³-hybridized carbons (Fsp3) is 0.444. The normalized spacial score (nSPS) is 29.1. The monoisotopic (exact) mass is 301 g/mol. The summed E-state index contributed by atoms with van der Waals surface area (Å²) in [6.07, 6.45) is -0.370. The Hall–Kier alpha value is -1.62. The van der Waals surface area contributed by atoms with Gasteiger partial charge >= 0.3 is 0 Å². The van der Waals surface area contributed by atoms with E-state index in [1.165, 1.54) is 0 Å². The number of hydrogen-bond acceptors (Lipinski definition) is 4. The number of aliphatic hydroxyl groups is 1. The first-order valence-electron chi connectivity index (χ1n) is 7.69. The third kappa shape index (κ3) is 2.58. The largest absolute Gasteiger partial charge is 0.508 e. The third-order valence-corrected chi connectivity index (χ3v) is 4.64. The lowest BCUT2D eigenvalue weighted by Gasteiger charge is -2.41. The molecule has 2 N–H and O–H groups in total. The topological polar surface area (TPSA) is 52.9 Å². The van der Waals surface area contributed by atoms with Crippen LogP contribution in [0.4, 0.5) is 0 Å². The Morgan fingerprint density at radius 3 is 2.59 bits per heavy atom. The number of ether oxygens (including phenoxy) is 1. The number of aliphatic hydroxyl groups excluding tert-OH is 1. The minimum atomic E-state index is -0.525. The number of hydrogen-bond donors (Lipinski definition) is 2. The molecule has 0 aromatic heterocycles. The van der Waals surface area contributed by atoms with Crippen LogP contribution in [0, 0.1) is 0 Å². The van der Waals surface area contributed by atoms with Crippen LogP contribution in [0.2, 0.25) is 0 Å². The molecular formula is C18H23NO3. The molecule has 118 valence electrons. The fourth-order valence-corrected chi connectivity index (χ4v) is 3.39. The van der Waals surface area contributed by atoms with Gasteiger partial charge < -0.3 is 19.8 Å². The molecule has 0 spiro atoms. The molecule has 0 aliphatic carbocycles. The smallest absolute Gasteiger partial charge is 0.122 e. The summed E-state index contributed by atoms with van der Waals surface area (Å²) in [6, 6.07) is 11.6. The molecule has 1 fully saturated rings. The predicted octanol–water partition coefficient (Wildman–Crippen LogP) is 2.69. The summed E-state index contributed by atoms with van der Waals surface area (Å²) in [4.78, 5) is 2.03. The van der Waals surface area contributed by atoms with Gasteiger partial charge in [0.2, 0.25) is 0 Å². The number of nitrogens with zero attached hydrogens (tertiary/aromatic N) is 1. The molecule has 1 unspecified atom stereocenters. The predicted molar refractivity (Wildman–Crippen MR) is 87.0 cm³/mol.